The largest absolute Gasteiger partial charge is 0.467 e. The maximum absolute atomic E-state index is 12.4. The Labute approximate surface area is 144 Å². The van der Waals surface area contributed by atoms with Crippen LogP contribution in [0.1, 0.15) is 42.0 Å². The fourth-order valence-corrected chi connectivity index (χ4v) is 2.79. The molecule has 1 aromatic heterocycles. The monoisotopic (exact) mass is 342 g/mol. The summed E-state index contributed by atoms with van der Waals surface area (Å²) in [6, 6.07) is 6.83. The van der Waals surface area contributed by atoms with E-state index in [1.807, 2.05) is 0 Å². The van der Waals surface area contributed by atoms with Crippen molar-refractivity contribution in [2.75, 3.05) is 19.1 Å². The summed E-state index contributed by atoms with van der Waals surface area (Å²) in [6.07, 6.45) is 0.957. The van der Waals surface area contributed by atoms with Crippen molar-refractivity contribution in [1.29, 1.82) is 0 Å². The first-order valence-corrected chi connectivity index (χ1v) is 7.80. The lowest BCUT2D eigenvalue weighted by atomic mass is 10.1. The molecule has 0 spiro atoms. The summed E-state index contributed by atoms with van der Waals surface area (Å²) < 4.78 is 10.2. The predicted octanol–water partition coefficient (Wildman–Crippen LogP) is 1.96. The van der Waals surface area contributed by atoms with Crippen LogP contribution in [-0.2, 0) is 4.79 Å². The molecule has 8 heteroatoms. The average Bonchev–Trinajstić information content (AvgIpc) is 3.02. The zero-order chi connectivity index (χ0) is 18.0. The number of carbonyl (C=O) groups is 2. The fraction of sp³-hybridized carbons (Fsp3) is 0.353. The zero-order valence-electron chi connectivity index (χ0n) is 14.2. The first kappa shape index (κ1) is 16.8. The number of benzene rings is 1. The van der Waals surface area contributed by atoms with E-state index in [2.05, 4.69) is 15.0 Å². The molecule has 2 heterocycles. The molecular formula is C17H18N4O4. The molecule has 1 amide bonds. The Morgan fingerprint density at radius 3 is 2.20 bits per heavy atom. The number of hydrogen-bond acceptors (Lipinski definition) is 7. The molecule has 0 saturated carbocycles. The molecule has 1 atom stereocenters. The number of ether oxygens (including phenoxy) is 2. The van der Waals surface area contributed by atoms with Gasteiger partial charge in [-0.1, -0.05) is 0 Å². The predicted molar refractivity (Wildman–Crippen MR) is 88.8 cm³/mol. The van der Waals surface area contributed by atoms with Crippen molar-refractivity contribution in [1.82, 2.24) is 15.0 Å². The van der Waals surface area contributed by atoms with E-state index < -0.39 is 0 Å². The van der Waals surface area contributed by atoms with E-state index in [1.165, 1.54) is 21.1 Å². The van der Waals surface area contributed by atoms with Crippen molar-refractivity contribution in [3.63, 3.8) is 0 Å². The first-order chi connectivity index (χ1) is 12.0. The molecule has 0 aliphatic carbocycles. The van der Waals surface area contributed by atoms with Crippen LogP contribution in [0.25, 0.3) is 0 Å². The molecule has 1 saturated heterocycles. The molecular weight excluding hydrogens is 324 g/mol. The van der Waals surface area contributed by atoms with Crippen LogP contribution in [0.4, 0.5) is 5.69 Å². The molecule has 1 aliphatic heterocycles. The van der Waals surface area contributed by atoms with Gasteiger partial charge in [-0.3, -0.25) is 9.59 Å². The Hall–Kier alpha value is -3.03. The van der Waals surface area contributed by atoms with Gasteiger partial charge in [-0.2, -0.15) is 9.97 Å². The maximum atomic E-state index is 12.4. The number of ketones is 1. The molecule has 1 unspecified atom stereocenters. The van der Waals surface area contributed by atoms with E-state index in [0.29, 0.717) is 29.9 Å². The molecule has 8 nitrogen and oxygen atoms in total. The zero-order valence-corrected chi connectivity index (χ0v) is 14.2. The molecule has 2 aromatic rings. The highest BCUT2D eigenvalue weighted by molar-refractivity contribution is 5.98. The number of nitrogens with zero attached hydrogens (tertiary/aromatic N) is 4. The SMILES string of the molecule is COc1nc(OC)nc(C2CCC(=O)N2c2ccc(C(C)=O)cc2)n1. The Kier molecular flexibility index (Phi) is 4.60. The molecule has 130 valence electrons. The van der Waals surface area contributed by atoms with Gasteiger partial charge in [0.2, 0.25) is 5.91 Å². The van der Waals surface area contributed by atoms with Gasteiger partial charge in [0, 0.05) is 17.7 Å². The number of hydrogen-bond donors (Lipinski definition) is 0. The summed E-state index contributed by atoms with van der Waals surface area (Å²) in [5.74, 6) is 0.354. The highest BCUT2D eigenvalue weighted by atomic mass is 16.5. The number of amides is 1. The molecule has 25 heavy (non-hydrogen) atoms. The third kappa shape index (κ3) is 3.28. The minimum Gasteiger partial charge on any atom is -0.467 e. The Morgan fingerprint density at radius 1 is 1.08 bits per heavy atom. The summed E-state index contributed by atoms with van der Waals surface area (Å²) >= 11 is 0. The van der Waals surface area contributed by atoms with E-state index in [1.54, 1.807) is 29.2 Å². The second kappa shape index (κ2) is 6.84. The molecule has 0 bridgehead atoms. The van der Waals surface area contributed by atoms with Crippen molar-refractivity contribution in [2.45, 2.75) is 25.8 Å². The van der Waals surface area contributed by atoms with Gasteiger partial charge in [0.25, 0.3) is 0 Å². The van der Waals surface area contributed by atoms with Gasteiger partial charge in [-0.25, -0.2) is 0 Å². The average molecular weight is 342 g/mol. The van der Waals surface area contributed by atoms with Crippen LogP contribution in [0.2, 0.25) is 0 Å². The van der Waals surface area contributed by atoms with Gasteiger partial charge in [0.1, 0.15) is 0 Å². The highest BCUT2D eigenvalue weighted by Gasteiger charge is 2.36. The molecule has 0 N–H and O–H groups in total. The van der Waals surface area contributed by atoms with Gasteiger partial charge in [-0.15, -0.1) is 4.98 Å². The lowest BCUT2D eigenvalue weighted by molar-refractivity contribution is -0.117. The third-order valence-electron chi connectivity index (χ3n) is 4.04. The van der Waals surface area contributed by atoms with E-state index >= 15 is 0 Å². The minimum atomic E-state index is -0.346. The van der Waals surface area contributed by atoms with Gasteiger partial charge in [0.05, 0.1) is 20.3 Å². The third-order valence-corrected chi connectivity index (χ3v) is 4.04. The lowest BCUT2D eigenvalue weighted by Crippen LogP contribution is -2.28. The lowest BCUT2D eigenvalue weighted by Gasteiger charge is -2.24. The fourth-order valence-electron chi connectivity index (χ4n) is 2.79. The van der Waals surface area contributed by atoms with Crippen molar-refractivity contribution in [2.24, 2.45) is 0 Å². The van der Waals surface area contributed by atoms with Crippen molar-refractivity contribution in [3.05, 3.63) is 35.7 Å². The number of anilines is 1. The molecule has 1 aromatic carbocycles. The summed E-state index contributed by atoms with van der Waals surface area (Å²) in [6.45, 7) is 1.50. The maximum Gasteiger partial charge on any atom is 0.322 e. The van der Waals surface area contributed by atoms with Crippen LogP contribution in [0.5, 0.6) is 12.0 Å². The highest BCUT2D eigenvalue weighted by Crippen LogP contribution is 2.36. The van der Waals surface area contributed by atoms with Crippen LogP contribution in [-0.4, -0.2) is 40.9 Å². The number of carbonyl (C=O) groups excluding carboxylic acids is 2. The summed E-state index contributed by atoms with van der Waals surface area (Å²) in [4.78, 5) is 38.0. The van der Waals surface area contributed by atoms with E-state index in [-0.39, 0.29) is 29.8 Å². The normalized spacial score (nSPS) is 16.8. The van der Waals surface area contributed by atoms with Crippen LogP contribution in [0.15, 0.2) is 24.3 Å². The van der Waals surface area contributed by atoms with E-state index in [4.69, 9.17) is 9.47 Å². The van der Waals surface area contributed by atoms with Crippen molar-refractivity contribution < 1.29 is 19.1 Å². The van der Waals surface area contributed by atoms with Gasteiger partial charge < -0.3 is 14.4 Å². The van der Waals surface area contributed by atoms with Gasteiger partial charge >= 0.3 is 12.0 Å². The molecule has 3 rings (SSSR count). The van der Waals surface area contributed by atoms with Gasteiger partial charge in [0.15, 0.2) is 11.6 Å². The molecule has 1 aliphatic rings. The summed E-state index contributed by atoms with van der Waals surface area (Å²) in [7, 11) is 2.91. The number of methoxy groups -OCH3 is 2. The number of rotatable bonds is 5. The Morgan fingerprint density at radius 2 is 1.68 bits per heavy atom. The summed E-state index contributed by atoms with van der Waals surface area (Å²) in [5.41, 5.74) is 1.28. The second-order valence-corrected chi connectivity index (χ2v) is 5.59. The topological polar surface area (TPSA) is 94.5 Å². The molecule has 1 fully saturated rings. The van der Waals surface area contributed by atoms with Crippen LogP contribution in [0, 0.1) is 0 Å². The van der Waals surface area contributed by atoms with Crippen LogP contribution >= 0.6 is 0 Å². The Bertz CT molecular complexity index is 785. The smallest absolute Gasteiger partial charge is 0.322 e. The first-order valence-electron chi connectivity index (χ1n) is 7.80. The second-order valence-electron chi connectivity index (χ2n) is 5.59. The molecule has 0 radical (unpaired) electrons. The van der Waals surface area contributed by atoms with Crippen LogP contribution in [0.3, 0.4) is 0 Å². The van der Waals surface area contributed by atoms with E-state index in [0.717, 1.165) is 0 Å². The van der Waals surface area contributed by atoms with Crippen molar-refractivity contribution >= 4 is 17.4 Å². The number of aromatic nitrogens is 3. The van der Waals surface area contributed by atoms with Crippen LogP contribution < -0.4 is 14.4 Å². The van der Waals surface area contributed by atoms with Crippen molar-refractivity contribution in [3.8, 4) is 12.0 Å². The minimum absolute atomic E-state index is 0.0252. The number of Topliss-reactive ketones (excluding diaryl/α,β-unsaturated/α-hetero) is 1. The quantitative estimate of drug-likeness (QED) is 0.767. The summed E-state index contributed by atoms with van der Waals surface area (Å²) in [5, 5.41) is 0. The van der Waals surface area contributed by atoms with E-state index in [9.17, 15) is 9.59 Å². The van der Waals surface area contributed by atoms with Gasteiger partial charge in [-0.05, 0) is 37.6 Å². The standard InChI is InChI=1S/C17H18N4O4/c1-10(22)11-4-6-12(7-5-11)21-13(8-9-14(21)23)15-18-16(24-2)20-17(19-15)25-3/h4-7,13H,8-9H2,1-3H3. The Balaban J connectivity index is 1.98.